The van der Waals surface area contributed by atoms with Crippen LogP contribution in [0.1, 0.15) is 42.1 Å². The van der Waals surface area contributed by atoms with Gasteiger partial charge in [-0.2, -0.15) is 0 Å². The van der Waals surface area contributed by atoms with E-state index in [4.69, 9.17) is 5.11 Å². The zero-order valence-corrected chi connectivity index (χ0v) is 19.4. The Morgan fingerprint density at radius 1 is 1.06 bits per heavy atom. The molecule has 0 radical (unpaired) electrons. The molecule has 0 spiro atoms. The van der Waals surface area contributed by atoms with Crippen LogP contribution in [0.15, 0.2) is 54.6 Å². The number of carboxylic acids is 1. The fourth-order valence-corrected chi connectivity index (χ4v) is 4.07. The van der Waals surface area contributed by atoms with Gasteiger partial charge in [-0.25, -0.2) is 0 Å². The first-order valence-corrected chi connectivity index (χ1v) is 11.8. The number of fused-ring (bicyclic) bond motifs is 1. The highest BCUT2D eigenvalue weighted by atomic mass is 16.4. The first-order chi connectivity index (χ1) is 16.4. The van der Waals surface area contributed by atoms with Crippen molar-refractivity contribution in [2.45, 2.75) is 32.7 Å². The maximum atomic E-state index is 13.1. The van der Waals surface area contributed by atoms with E-state index in [1.165, 1.54) is 12.8 Å². The number of hydrogen-bond donors (Lipinski definition) is 4. The number of benzene rings is 3. The summed E-state index contributed by atoms with van der Waals surface area (Å²) in [4.78, 5) is 26.0. The normalized spacial score (nSPS) is 13.1. The molecule has 1 saturated carbocycles. The van der Waals surface area contributed by atoms with Crippen molar-refractivity contribution in [1.82, 2.24) is 5.32 Å². The minimum absolute atomic E-state index is 0.0810. The number of amides is 1. The van der Waals surface area contributed by atoms with Gasteiger partial charge in [0.2, 0.25) is 0 Å². The molecular weight excluding hydrogens is 430 g/mol. The molecule has 4 rings (SSSR count). The van der Waals surface area contributed by atoms with E-state index in [-0.39, 0.29) is 18.1 Å². The van der Waals surface area contributed by atoms with Gasteiger partial charge in [-0.3, -0.25) is 9.59 Å². The Bertz CT molecular complexity index is 1170. The molecule has 0 atom stereocenters. The summed E-state index contributed by atoms with van der Waals surface area (Å²) in [7, 11) is 0. The minimum Gasteiger partial charge on any atom is -0.508 e. The molecule has 1 fully saturated rings. The van der Waals surface area contributed by atoms with Crippen LogP contribution < -0.4 is 15.5 Å². The Labute approximate surface area is 199 Å². The van der Waals surface area contributed by atoms with Gasteiger partial charge in [0, 0.05) is 48.5 Å². The molecule has 1 aliphatic rings. The molecule has 4 N–H and O–H groups in total. The third-order valence-electron chi connectivity index (χ3n) is 6.13. The van der Waals surface area contributed by atoms with E-state index in [1.54, 1.807) is 12.1 Å². The van der Waals surface area contributed by atoms with Crippen LogP contribution in [-0.4, -0.2) is 41.7 Å². The second-order valence-corrected chi connectivity index (χ2v) is 8.85. The molecule has 3 aromatic rings. The Hall–Kier alpha value is -3.58. The third-order valence-corrected chi connectivity index (χ3v) is 6.13. The topological polar surface area (TPSA) is 102 Å². The number of phenols is 1. The summed E-state index contributed by atoms with van der Waals surface area (Å²) < 4.78 is 0. The second-order valence-electron chi connectivity index (χ2n) is 8.85. The van der Waals surface area contributed by atoms with E-state index in [9.17, 15) is 14.7 Å². The zero-order chi connectivity index (χ0) is 24.1. The molecule has 34 heavy (non-hydrogen) atoms. The van der Waals surface area contributed by atoms with E-state index in [0.717, 1.165) is 35.1 Å². The highest BCUT2D eigenvalue weighted by Crippen LogP contribution is 2.36. The summed E-state index contributed by atoms with van der Waals surface area (Å²) in [5, 5.41) is 26.7. The summed E-state index contributed by atoms with van der Waals surface area (Å²) in [6.45, 7) is 4.87. The minimum atomic E-state index is -0.825. The number of anilines is 2. The van der Waals surface area contributed by atoms with E-state index < -0.39 is 5.97 Å². The van der Waals surface area contributed by atoms with Crippen molar-refractivity contribution in [3.63, 3.8) is 0 Å². The van der Waals surface area contributed by atoms with E-state index in [1.807, 2.05) is 42.5 Å². The third kappa shape index (κ3) is 6.05. The number of rotatable bonds is 11. The predicted molar refractivity (Wildman–Crippen MR) is 135 cm³/mol. The van der Waals surface area contributed by atoms with Crippen LogP contribution >= 0.6 is 0 Å². The van der Waals surface area contributed by atoms with E-state index in [0.29, 0.717) is 30.3 Å². The quantitative estimate of drug-likeness (QED) is 0.311. The molecule has 7 nitrogen and oxygen atoms in total. The van der Waals surface area contributed by atoms with Crippen LogP contribution in [0.25, 0.3) is 10.8 Å². The number of aromatic hydroxyl groups is 1. The van der Waals surface area contributed by atoms with E-state index >= 15 is 0 Å². The second kappa shape index (κ2) is 10.6. The zero-order valence-electron chi connectivity index (χ0n) is 19.4. The molecule has 7 heteroatoms. The van der Waals surface area contributed by atoms with Crippen molar-refractivity contribution in [3.05, 3.63) is 65.7 Å². The molecule has 3 aromatic carbocycles. The molecule has 1 amide bonds. The average molecular weight is 462 g/mol. The lowest BCUT2D eigenvalue weighted by molar-refractivity contribution is -0.136. The number of nitrogens with one attached hydrogen (secondary N) is 2. The molecule has 0 unspecified atom stereocenters. The van der Waals surface area contributed by atoms with Crippen molar-refractivity contribution in [2.75, 3.05) is 29.9 Å². The van der Waals surface area contributed by atoms with Gasteiger partial charge in [0.1, 0.15) is 5.75 Å². The van der Waals surface area contributed by atoms with Gasteiger partial charge in [-0.15, -0.1) is 0 Å². The van der Waals surface area contributed by atoms with Crippen LogP contribution in [-0.2, 0) is 11.3 Å². The number of hydrogen-bond acceptors (Lipinski definition) is 5. The monoisotopic (exact) mass is 461 g/mol. The maximum Gasteiger partial charge on any atom is 0.304 e. The van der Waals surface area contributed by atoms with Gasteiger partial charge >= 0.3 is 5.97 Å². The molecule has 0 aliphatic heterocycles. The molecular formula is C27H31N3O4. The van der Waals surface area contributed by atoms with Gasteiger partial charge in [0.05, 0.1) is 6.42 Å². The fourth-order valence-electron chi connectivity index (χ4n) is 4.07. The lowest BCUT2D eigenvalue weighted by atomic mass is 10.0. The molecule has 0 saturated heterocycles. The molecule has 178 valence electrons. The standard InChI is InChI=1S/C27H31N3O4/c1-2-30(17-19-3-4-19)25-14-21(13-20-7-10-23(31)15-24(20)25)27(34)29-22-8-5-18(6-9-22)16-28-12-11-26(32)33/h5-10,13-15,19,28,31H,2-4,11-12,16-17H2,1H3,(H,29,34)(H,32,33). The largest absolute Gasteiger partial charge is 0.508 e. The smallest absolute Gasteiger partial charge is 0.304 e. The fraction of sp³-hybridized carbons (Fsp3) is 0.333. The van der Waals surface area contributed by atoms with Gasteiger partial charge < -0.3 is 25.7 Å². The van der Waals surface area contributed by atoms with Gasteiger partial charge in [-0.05, 0) is 73.0 Å². The van der Waals surface area contributed by atoms with Crippen LogP contribution in [0.5, 0.6) is 5.75 Å². The van der Waals surface area contributed by atoms with Crippen LogP contribution in [0.2, 0.25) is 0 Å². The Kier molecular flexibility index (Phi) is 7.33. The summed E-state index contributed by atoms with van der Waals surface area (Å²) in [5.74, 6) is -0.104. The number of aliphatic carboxylic acids is 1. The predicted octanol–water partition coefficient (Wildman–Crippen LogP) is 4.60. The first kappa shape index (κ1) is 23.6. The number of carbonyl (C=O) groups excluding carboxylic acids is 1. The van der Waals surface area contributed by atoms with Crippen molar-refractivity contribution in [1.29, 1.82) is 0 Å². The maximum absolute atomic E-state index is 13.1. The average Bonchev–Trinajstić information content (AvgIpc) is 3.65. The lowest BCUT2D eigenvalue weighted by Crippen LogP contribution is -2.26. The molecule has 0 aromatic heterocycles. The molecule has 0 bridgehead atoms. The molecule has 0 heterocycles. The number of carbonyl (C=O) groups is 2. The number of phenolic OH excluding ortho intramolecular Hbond substituents is 1. The summed E-state index contributed by atoms with van der Waals surface area (Å²) in [6.07, 6.45) is 2.56. The van der Waals surface area contributed by atoms with Crippen LogP contribution in [0.3, 0.4) is 0 Å². The van der Waals surface area contributed by atoms with Crippen LogP contribution in [0, 0.1) is 5.92 Å². The number of nitrogens with zero attached hydrogens (tertiary/aromatic N) is 1. The van der Waals surface area contributed by atoms with Crippen molar-refractivity contribution < 1.29 is 19.8 Å². The Morgan fingerprint density at radius 2 is 1.82 bits per heavy atom. The Balaban J connectivity index is 1.50. The van der Waals surface area contributed by atoms with Gasteiger partial charge in [0.15, 0.2) is 0 Å². The molecule has 1 aliphatic carbocycles. The van der Waals surface area contributed by atoms with Crippen molar-refractivity contribution >= 4 is 34.0 Å². The van der Waals surface area contributed by atoms with Crippen molar-refractivity contribution in [2.24, 2.45) is 5.92 Å². The number of carboxylic acid groups (broad SMARTS) is 1. The van der Waals surface area contributed by atoms with Gasteiger partial charge in [-0.1, -0.05) is 18.2 Å². The highest BCUT2D eigenvalue weighted by molar-refractivity contribution is 6.09. The highest BCUT2D eigenvalue weighted by Gasteiger charge is 2.25. The van der Waals surface area contributed by atoms with Gasteiger partial charge in [0.25, 0.3) is 5.91 Å². The SMILES string of the molecule is CCN(CC1CC1)c1cc(C(=O)Nc2ccc(CNCCC(=O)O)cc2)cc2ccc(O)cc12. The first-order valence-electron chi connectivity index (χ1n) is 11.8. The summed E-state index contributed by atoms with van der Waals surface area (Å²) in [5.41, 5.74) is 3.24. The lowest BCUT2D eigenvalue weighted by Gasteiger charge is -2.25. The van der Waals surface area contributed by atoms with Crippen LogP contribution in [0.4, 0.5) is 11.4 Å². The van der Waals surface area contributed by atoms with Crippen molar-refractivity contribution in [3.8, 4) is 5.75 Å². The van der Waals surface area contributed by atoms with E-state index in [2.05, 4.69) is 22.5 Å². The Morgan fingerprint density at radius 3 is 2.50 bits per heavy atom. The summed E-state index contributed by atoms with van der Waals surface area (Å²) in [6, 6.07) is 16.6. The summed E-state index contributed by atoms with van der Waals surface area (Å²) >= 11 is 0.